The lowest BCUT2D eigenvalue weighted by atomic mass is 9.76. The number of likely N-dealkylation sites (tertiary alicyclic amines) is 1. The van der Waals surface area contributed by atoms with Crippen LogP contribution in [0.3, 0.4) is 0 Å². The number of amides is 2. The van der Waals surface area contributed by atoms with Gasteiger partial charge in [0, 0.05) is 39.4 Å². The molecule has 0 bridgehead atoms. The second-order valence-electron chi connectivity index (χ2n) is 11.2. The molecular weight excluding hydrogens is 461 g/mol. The maximum atomic E-state index is 14.3. The number of rotatable bonds is 7. The van der Waals surface area contributed by atoms with E-state index < -0.39 is 24.3 Å². The Morgan fingerprint density at radius 3 is 2.75 bits per heavy atom. The predicted octanol–water partition coefficient (Wildman–Crippen LogP) is 0.647. The number of nitrogens with two attached hydrogens (primary N) is 2. The van der Waals surface area contributed by atoms with E-state index in [1.165, 1.54) is 12.3 Å². The van der Waals surface area contributed by atoms with E-state index in [9.17, 15) is 14.0 Å². The Morgan fingerprint density at radius 2 is 2.08 bits per heavy atom. The van der Waals surface area contributed by atoms with Crippen LogP contribution in [0.4, 0.5) is 4.39 Å². The zero-order valence-corrected chi connectivity index (χ0v) is 22.3. The monoisotopic (exact) mass is 507 g/mol. The SMILES string of the molecule is CCC1(C)/C=C\C(F)C=NC(C(C(=O)NC2CNCCC2N2CCCC(C(=O)N(C)C)C2)C(N)N)C1. The number of nitrogens with zero attached hydrogens (tertiary/aromatic N) is 3. The highest BCUT2D eigenvalue weighted by molar-refractivity contribution is 5.81. The summed E-state index contributed by atoms with van der Waals surface area (Å²) >= 11 is 0. The van der Waals surface area contributed by atoms with Crippen molar-refractivity contribution in [2.45, 2.75) is 76.4 Å². The van der Waals surface area contributed by atoms with Crippen molar-refractivity contribution in [1.82, 2.24) is 20.4 Å². The molecule has 0 spiro atoms. The van der Waals surface area contributed by atoms with Crippen LogP contribution in [-0.4, -0.2) is 98.6 Å². The van der Waals surface area contributed by atoms with Crippen molar-refractivity contribution in [1.29, 1.82) is 0 Å². The first-order valence-electron chi connectivity index (χ1n) is 13.4. The summed E-state index contributed by atoms with van der Waals surface area (Å²) in [5.74, 6) is -0.896. The first kappa shape index (κ1) is 28.7. The summed E-state index contributed by atoms with van der Waals surface area (Å²) in [6, 6.07) is -0.558. The fourth-order valence-corrected chi connectivity index (χ4v) is 5.84. The molecule has 10 heteroatoms. The lowest BCUT2D eigenvalue weighted by Crippen LogP contribution is -2.64. The summed E-state index contributed by atoms with van der Waals surface area (Å²) in [4.78, 5) is 34.8. The minimum Gasteiger partial charge on any atom is -0.350 e. The number of piperidine rings is 2. The molecule has 7 atom stereocenters. The van der Waals surface area contributed by atoms with E-state index in [1.807, 2.05) is 19.9 Å². The molecule has 0 saturated carbocycles. The van der Waals surface area contributed by atoms with Crippen LogP contribution in [0, 0.1) is 17.3 Å². The average molecular weight is 508 g/mol. The van der Waals surface area contributed by atoms with Gasteiger partial charge in [-0.05, 0) is 56.7 Å². The van der Waals surface area contributed by atoms with E-state index in [4.69, 9.17) is 11.5 Å². The molecule has 7 unspecified atom stereocenters. The molecule has 0 aliphatic carbocycles. The second-order valence-corrected chi connectivity index (χ2v) is 11.2. The van der Waals surface area contributed by atoms with Gasteiger partial charge in [0.05, 0.1) is 30.1 Å². The van der Waals surface area contributed by atoms with Crippen LogP contribution < -0.4 is 22.1 Å². The number of hydrogen-bond acceptors (Lipinski definition) is 7. The maximum Gasteiger partial charge on any atom is 0.228 e. The molecular formula is C26H46FN7O2. The normalized spacial score (nSPS) is 35.5. The Hall–Kier alpha value is -1.88. The van der Waals surface area contributed by atoms with Crippen LogP contribution in [-0.2, 0) is 9.59 Å². The Labute approximate surface area is 215 Å². The van der Waals surface area contributed by atoms with Crippen molar-refractivity contribution in [3.8, 4) is 0 Å². The number of carbonyl (C=O) groups excluding carboxylic acids is 2. The van der Waals surface area contributed by atoms with Crippen molar-refractivity contribution in [2.75, 3.05) is 40.3 Å². The molecule has 2 saturated heterocycles. The van der Waals surface area contributed by atoms with Crippen LogP contribution in [0.5, 0.6) is 0 Å². The Balaban J connectivity index is 1.76. The highest BCUT2D eigenvalue weighted by Crippen LogP contribution is 2.34. The lowest BCUT2D eigenvalue weighted by Gasteiger charge is -2.44. The number of halogens is 1. The van der Waals surface area contributed by atoms with E-state index in [2.05, 4.69) is 20.5 Å². The second kappa shape index (κ2) is 12.6. The molecule has 2 fully saturated rings. The van der Waals surface area contributed by atoms with Crippen LogP contribution in [0.25, 0.3) is 0 Å². The molecule has 2 amide bonds. The fraction of sp³-hybridized carbons (Fsp3) is 0.808. The molecule has 3 rings (SSSR count). The molecule has 0 radical (unpaired) electrons. The number of nitrogens with one attached hydrogen (secondary N) is 2. The van der Waals surface area contributed by atoms with Gasteiger partial charge in [0.2, 0.25) is 11.8 Å². The molecule has 204 valence electrons. The summed E-state index contributed by atoms with van der Waals surface area (Å²) in [6.45, 7) is 7.17. The zero-order valence-electron chi connectivity index (χ0n) is 22.3. The van der Waals surface area contributed by atoms with E-state index >= 15 is 0 Å². The van der Waals surface area contributed by atoms with E-state index in [0.29, 0.717) is 19.5 Å². The lowest BCUT2D eigenvalue weighted by molar-refractivity contribution is -0.135. The number of allylic oxidation sites excluding steroid dienone is 2. The number of hydrogen-bond donors (Lipinski definition) is 4. The first-order valence-corrected chi connectivity index (χ1v) is 13.4. The molecule has 3 aliphatic rings. The minimum absolute atomic E-state index is 0.0251. The van der Waals surface area contributed by atoms with Crippen molar-refractivity contribution in [3.63, 3.8) is 0 Å². The number of aliphatic imine (C=N–C) groups is 1. The average Bonchev–Trinajstić information content (AvgIpc) is 2.85. The third-order valence-electron chi connectivity index (χ3n) is 8.20. The Kier molecular flexibility index (Phi) is 10.0. The van der Waals surface area contributed by atoms with Gasteiger partial charge < -0.3 is 27.0 Å². The summed E-state index contributed by atoms with van der Waals surface area (Å²) in [5.41, 5.74) is 12.0. The molecule has 6 N–H and O–H groups in total. The number of alkyl halides is 1. The van der Waals surface area contributed by atoms with Crippen LogP contribution in [0.15, 0.2) is 17.1 Å². The van der Waals surface area contributed by atoms with E-state index in [1.54, 1.807) is 19.0 Å². The van der Waals surface area contributed by atoms with Gasteiger partial charge in [-0.1, -0.05) is 19.9 Å². The van der Waals surface area contributed by atoms with Gasteiger partial charge in [-0.3, -0.25) is 19.5 Å². The third-order valence-corrected chi connectivity index (χ3v) is 8.20. The van der Waals surface area contributed by atoms with Crippen molar-refractivity contribution in [3.05, 3.63) is 12.2 Å². The smallest absolute Gasteiger partial charge is 0.228 e. The van der Waals surface area contributed by atoms with Gasteiger partial charge in [0.1, 0.15) is 0 Å². The van der Waals surface area contributed by atoms with Gasteiger partial charge in [0.15, 0.2) is 6.17 Å². The van der Waals surface area contributed by atoms with Crippen LogP contribution in [0.1, 0.15) is 46.0 Å². The van der Waals surface area contributed by atoms with Crippen molar-refractivity contribution >= 4 is 18.0 Å². The quantitative estimate of drug-likeness (QED) is 0.296. The molecule has 36 heavy (non-hydrogen) atoms. The summed E-state index contributed by atoms with van der Waals surface area (Å²) in [7, 11) is 3.60. The maximum absolute atomic E-state index is 14.3. The third kappa shape index (κ3) is 7.12. The molecule has 3 heterocycles. The molecule has 0 aromatic rings. The topological polar surface area (TPSA) is 129 Å². The first-order chi connectivity index (χ1) is 17.0. The fourth-order valence-electron chi connectivity index (χ4n) is 5.84. The Bertz CT molecular complexity index is 820. The van der Waals surface area contributed by atoms with Crippen LogP contribution >= 0.6 is 0 Å². The van der Waals surface area contributed by atoms with Gasteiger partial charge in [-0.15, -0.1) is 0 Å². The minimum atomic E-state index is -1.31. The zero-order chi connectivity index (χ0) is 26.5. The van der Waals surface area contributed by atoms with E-state index in [-0.39, 0.29) is 35.2 Å². The van der Waals surface area contributed by atoms with E-state index in [0.717, 1.165) is 38.8 Å². The van der Waals surface area contributed by atoms with Crippen molar-refractivity contribution < 1.29 is 14.0 Å². The van der Waals surface area contributed by atoms with Gasteiger partial charge in [0.25, 0.3) is 0 Å². The Morgan fingerprint density at radius 1 is 1.33 bits per heavy atom. The number of carbonyl (C=O) groups is 2. The summed E-state index contributed by atoms with van der Waals surface area (Å²) in [6.07, 6.45) is 6.47. The van der Waals surface area contributed by atoms with Gasteiger partial charge in [-0.2, -0.15) is 0 Å². The standard InChI is InChI=1S/C26H46FN7O2/c1-5-26(2)10-8-18(27)14-31-19(13-26)22(23(28)29)24(35)32-20-15-30-11-9-21(20)34-12-6-7-17(16-34)25(36)33(3)4/h8,10,14,17-23,30H,5-7,9,11-13,15-16,28-29H2,1-4H3,(H,32,35)/b10-8-,31-14?. The largest absolute Gasteiger partial charge is 0.350 e. The van der Waals surface area contributed by atoms with Crippen LogP contribution in [0.2, 0.25) is 0 Å². The highest BCUT2D eigenvalue weighted by atomic mass is 19.1. The highest BCUT2D eigenvalue weighted by Gasteiger charge is 2.40. The molecule has 0 aromatic heterocycles. The van der Waals surface area contributed by atoms with Gasteiger partial charge >= 0.3 is 0 Å². The predicted molar refractivity (Wildman–Crippen MR) is 141 cm³/mol. The summed E-state index contributed by atoms with van der Waals surface area (Å²) in [5, 5.41) is 6.61. The van der Waals surface area contributed by atoms with Crippen molar-refractivity contribution in [2.24, 2.45) is 33.7 Å². The molecule has 9 nitrogen and oxygen atoms in total. The summed E-state index contributed by atoms with van der Waals surface area (Å²) < 4.78 is 14.3. The molecule has 0 aromatic carbocycles. The molecule has 3 aliphatic heterocycles. The van der Waals surface area contributed by atoms with Gasteiger partial charge in [-0.25, -0.2) is 4.39 Å².